The standard InChI is InChI=1S/C11H10BrF2NO2/c1-15-11(17)5-2-4-3-6(13)10(16)7(4)9(14)8(5)12/h2,6,10,16H,3H2,1H3,(H,15,17). The van der Waals surface area contributed by atoms with Crippen molar-refractivity contribution in [1.82, 2.24) is 5.32 Å². The van der Waals surface area contributed by atoms with Crippen LogP contribution in [0.25, 0.3) is 0 Å². The number of amides is 1. The number of nitrogens with one attached hydrogen (secondary N) is 1. The van der Waals surface area contributed by atoms with Crippen LogP contribution in [0, 0.1) is 5.82 Å². The van der Waals surface area contributed by atoms with E-state index in [2.05, 4.69) is 21.2 Å². The first-order chi connectivity index (χ1) is 7.97. The van der Waals surface area contributed by atoms with Gasteiger partial charge in [0.1, 0.15) is 18.1 Å². The molecule has 92 valence electrons. The molecule has 0 saturated carbocycles. The molecule has 0 radical (unpaired) electrons. The number of aliphatic hydroxyl groups is 1. The Kier molecular flexibility index (Phi) is 3.18. The van der Waals surface area contributed by atoms with Gasteiger partial charge in [-0.05, 0) is 27.6 Å². The summed E-state index contributed by atoms with van der Waals surface area (Å²) in [6.07, 6.45) is -3.06. The van der Waals surface area contributed by atoms with Crippen molar-refractivity contribution in [2.24, 2.45) is 0 Å². The molecule has 1 aromatic rings. The van der Waals surface area contributed by atoms with Crippen LogP contribution >= 0.6 is 15.9 Å². The van der Waals surface area contributed by atoms with Crippen molar-refractivity contribution in [1.29, 1.82) is 0 Å². The van der Waals surface area contributed by atoms with E-state index in [0.717, 1.165) is 0 Å². The lowest BCUT2D eigenvalue weighted by atomic mass is 10.0. The second-order valence-electron chi connectivity index (χ2n) is 3.87. The summed E-state index contributed by atoms with van der Waals surface area (Å²) in [5.41, 5.74) is 0.381. The normalized spacial score (nSPS) is 22.4. The Morgan fingerprint density at radius 1 is 1.65 bits per heavy atom. The topological polar surface area (TPSA) is 49.3 Å². The highest BCUT2D eigenvalue weighted by Crippen LogP contribution is 2.39. The Balaban J connectivity index is 2.61. The van der Waals surface area contributed by atoms with E-state index < -0.39 is 24.0 Å². The Bertz CT molecular complexity index is 493. The quantitative estimate of drug-likeness (QED) is 0.832. The monoisotopic (exact) mass is 305 g/mol. The van der Waals surface area contributed by atoms with Gasteiger partial charge in [-0.3, -0.25) is 4.79 Å². The fraction of sp³-hybridized carbons (Fsp3) is 0.364. The van der Waals surface area contributed by atoms with Crippen LogP contribution in [0.1, 0.15) is 27.6 Å². The van der Waals surface area contributed by atoms with E-state index >= 15 is 0 Å². The van der Waals surface area contributed by atoms with Crippen molar-refractivity contribution in [3.05, 3.63) is 33.0 Å². The molecule has 6 heteroatoms. The highest BCUT2D eigenvalue weighted by molar-refractivity contribution is 9.10. The van der Waals surface area contributed by atoms with Gasteiger partial charge in [0, 0.05) is 19.0 Å². The molecule has 3 nitrogen and oxygen atoms in total. The maximum absolute atomic E-state index is 13.9. The summed E-state index contributed by atoms with van der Waals surface area (Å²) in [5.74, 6) is -1.23. The largest absolute Gasteiger partial charge is 0.385 e. The van der Waals surface area contributed by atoms with Gasteiger partial charge in [0.15, 0.2) is 0 Å². The average Bonchev–Trinajstić information content (AvgIpc) is 2.59. The zero-order chi connectivity index (χ0) is 12.7. The van der Waals surface area contributed by atoms with Crippen LogP contribution in [0.2, 0.25) is 0 Å². The van der Waals surface area contributed by atoms with Gasteiger partial charge < -0.3 is 10.4 Å². The lowest BCUT2D eigenvalue weighted by Gasteiger charge is -2.11. The Morgan fingerprint density at radius 3 is 2.88 bits per heavy atom. The van der Waals surface area contributed by atoms with Crippen molar-refractivity contribution in [3.63, 3.8) is 0 Å². The summed E-state index contributed by atoms with van der Waals surface area (Å²) in [6.45, 7) is 0. The predicted octanol–water partition coefficient (Wildman–Crippen LogP) is 1.88. The zero-order valence-corrected chi connectivity index (χ0v) is 10.5. The molecular formula is C11H10BrF2NO2. The first-order valence-corrected chi connectivity index (χ1v) is 5.81. The lowest BCUT2D eigenvalue weighted by Crippen LogP contribution is -2.19. The summed E-state index contributed by atoms with van der Waals surface area (Å²) < 4.78 is 27.2. The molecule has 17 heavy (non-hydrogen) atoms. The molecule has 1 amide bonds. The third-order valence-electron chi connectivity index (χ3n) is 2.86. The molecule has 0 aliphatic heterocycles. The average molecular weight is 306 g/mol. The second-order valence-corrected chi connectivity index (χ2v) is 4.66. The second kappa shape index (κ2) is 4.34. The van der Waals surface area contributed by atoms with Gasteiger partial charge in [0.05, 0.1) is 10.0 Å². The molecule has 2 N–H and O–H groups in total. The van der Waals surface area contributed by atoms with E-state index in [4.69, 9.17) is 0 Å². The van der Waals surface area contributed by atoms with E-state index in [0.29, 0.717) is 5.56 Å². The maximum Gasteiger partial charge on any atom is 0.252 e. The number of benzene rings is 1. The van der Waals surface area contributed by atoms with Crippen molar-refractivity contribution in [2.75, 3.05) is 7.05 Å². The van der Waals surface area contributed by atoms with Crippen LogP contribution < -0.4 is 5.32 Å². The molecule has 0 fully saturated rings. The summed E-state index contributed by atoms with van der Waals surface area (Å²) in [4.78, 5) is 11.5. The molecular weight excluding hydrogens is 296 g/mol. The Labute approximate surface area is 105 Å². The van der Waals surface area contributed by atoms with Gasteiger partial charge in [-0.1, -0.05) is 0 Å². The van der Waals surface area contributed by atoms with Crippen LogP contribution in [0.4, 0.5) is 8.78 Å². The van der Waals surface area contributed by atoms with Gasteiger partial charge in [-0.15, -0.1) is 0 Å². The summed E-state index contributed by atoms with van der Waals surface area (Å²) >= 11 is 2.95. The molecule has 1 aliphatic carbocycles. The molecule has 1 aliphatic rings. The summed E-state index contributed by atoms with van der Waals surface area (Å²) in [6, 6.07) is 1.41. The fourth-order valence-electron chi connectivity index (χ4n) is 1.98. The summed E-state index contributed by atoms with van der Waals surface area (Å²) in [7, 11) is 1.42. The molecule has 1 aromatic carbocycles. The number of hydrogen-bond donors (Lipinski definition) is 2. The highest BCUT2D eigenvalue weighted by Gasteiger charge is 2.36. The predicted molar refractivity (Wildman–Crippen MR) is 61.1 cm³/mol. The fourth-order valence-corrected chi connectivity index (χ4v) is 2.49. The van der Waals surface area contributed by atoms with E-state index in [-0.39, 0.29) is 22.0 Å². The third kappa shape index (κ3) is 1.85. The summed E-state index contributed by atoms with van der Waals surface area (Å²) in [5, 5.41) is 11.9. The number of rotatable bonds is 1. The van der Waals surface area contributed by atoms with Crippen LogP contribution in [0.15, 0.2) is 10.5 Å². The molecule has 2 atom stereocenters. The molecule has 2 unspecified atom stereocenters. The van der Waals surface area contributed by atoms with Crippen molar-refractivity contribution >= 4 is 21.8 Å². The third-order valence-corrected chi connectivity index (χ3v) is 3.63. The van der Waals surface area contributed by atoms with Crippen molar-refractivity contribution in [2.45, 2.75) is 18.7 Å². The zero-order valence-electron chi connectivity index (χ0n) is 8.93. The molecule has 0 spiro atoms. The smallest absolute Gasteiger partial charge is 0.252 e. The van der Waals surface area contributed by atoms with Crippen molar-refractivity contribution in [3.8, 4) is 0 Å². The van der Waals surface area contributed by atoms with Gasteiger partial charge in [-0.2, -0.15) is 0 Å². The number of carbonyl (C=O) groups is 1. The van der Waals surface area contributed by atoms with Crippen LogP contribution in [0.5, 0.6) is 0 Å². The first-order valence-electron chi connectivity index (χ1n) is 5.02. The number of carbonyl (C=O) groups excluding carboxylic acids is 1. The number of aliphatic hydroxyl groups excluding tert-OH is 1. The molecule has 0 saturated heterocycles. The lowest BCUT2D eigenvalue weighted by molar-refractivity contribution is 0.0898. The maximum atomic E-state index is 13.9. The van der Waals surface area contributed by atoms with Gasteiger partial charge >= 0.3 is 0 Å². The number of alkyl halides is 1. The molecule has 0 aromatic heterocycles. The SMILES string of the molecule is CNC(=O)c1cc2c(c(F)c1Br)C(O)C(F)C2. The Hall–Kier alpha value is -1.01. The van der Waals surface area contributed by atoms with Gasteiger partial charge in [-0.25, -0.2) is 8.78 Å². The van der Waals surface area contributed by atoms with Crippen LogP contribution in [-0.2, 0) is 6.42 Å². The Morgan fingerprint density at radius 2 is 2.29 bits per heavy atom. The number of fused-ring (bicyclic) bond motifs is 1. The number of halogens is 3. The van der Waals surface area contributed by atoms with E-state index in [1.807, 2.05) is 0 Å². The van der Waals surface area contributed by atoms with Crippen LogP contribution in [0.3, 0.4) is 0 Å². The first kappa shape index (κ1) is 12.4. The highest BCUT2D eigenvalue weighted by atomic mass is 79.9. The van der Waals surface area contributed by atoms with E-state index in [1.165, 1.54) is 13.1 Å². The van der Waals surface area contributed by atoms with Crippen molar-refractivity contribution < 1.29 is 18.7 Å². The van der Waals surface area contributed by atoms with Gasteiger partial charge in [0.25, 0.3) is 5.91 Å². The minimum atomic E-state index is -1.52. The van der Waals surface area contributed by atoms with Gasteiger partial charge in [0.2, 0.25) is 0 Å². The van der Waals surface area contributed by atoms with Crippen LogP contribution in [-0.4, -0.2) is 24.2 Å². The number of hydrogen-bond acceptors (Lipinski definition) is 2. The minimum Gasteiger partial charge on any atom is -0.385 e. The molecule has 2 rings (SSSR count). The van der Waals surface area contributed by atoms with E-state index in [1.54, 1.807) is 0 Å². The molecule has 0 bridgehead atoms. The van der Waals surface area contributed by atoms with E-state index in [9.17, 15) is 18.7 Å². The minimum absolute atomic E-state index is 0.0521. The molecule has 0 heterocycles.